The molecule has 0 unspecified atom stereocenters. The van der Waals surface area contributed by atoms with Crippen molar-refractivity contribution in [2.24, 2.45) is 0 Å². The van der Waals surface area contributed by atoms with Crippen LogP contribution in [-0.4, -0.2) is 34.3 Å². The van der Waals surface area contributed by atoms with E-state index in [0.29, 0.717) is 17.1 Å². The van der Waals surface area contributed by atoms with Gasteiger partial charge in [0.25, 0.3) is 0 Å². The SMILES string of the molecule is O=C(O)[C@H](Cc1cccc(Oc2ccc(O)cc2)c1)NC(=O)C(F)(F)F. The van der Waals surface area contributed by atoms with E-state index in [1.54, 1.807) is 6.07 Å². The van der Waals surface area contributed by atoms with Crippen molar-refractivity contribution in [1.82, 2.24) is 5.32 Å². The van der Waals surface area contributed by atoms with Crippen molar-refractivity contribution in [1.29, 1.82) is 0 Å². The molecule has 0 heterocycles. The number of phenols is 1. The molecule has 1 atom stereocenters. The van der Waals surface area contributed by atoms with Crippen LogP contribution in [0.15, 0.2) is 48.5 Å². The Balaban J connectivity index is 2.11. The molecule has 0 aliphatic heterocycles. The molecule has 0 aliphatic carbocycles. The quantitative estimate of drug-likeness (QED) is 0.728. The fraction of sp³-hybridized carbons (Fsp3) is 0.176. The smallest absolute Gasteiger partial charge is 0.471 e. The number of ether oxygens (including phenoxy) is 1. The standard InChI is InChI=1S/C17H14F3NO5/c18-17(19,20)16(25)21-14(15(23)24)9-10-2-1-3-13(8-10)26-12-6-4-11(22)5-7-12/h1-8,14,22H,9H2,(H,21,25)(H,23,24)/t14-/m0/s1. The number of hydrogen-bond acceptors (Lipinski definition) is 4. The van der Waals surface area contributed by atoms with Gasteiger partial charge in [-0.25, -0.2) is 4.79 Å². The van der Waals surface area contributed by atoms with E-state index in [1.165, 1.54) is 47.8 Å². The first-order valence-corrected chi connectivity index (χ1v) is 7.31. The summed E-state index contributed by atoms with van der Waals surface area (Å²) < 4.78 is 42.4. The molecular weight excluding hydrogens is 355 g/mol. The summed E-state index contributed by atoms with van der Waals surface area (Å²) in [5.74, 6) is -3.13. The van der Waals surface area contributed by atoms with Crippen molar-refractivity contribution in [3.8, 4) is 17.2 Å². The molecule has 3 N–H and O–H groups in total. The molecule has 0 aliphatic rings. The summed E-state index contributed by atoms with van der Waals surface area (Å²) >= 11 is 0. The lowest BCUT2D eigenvalue weighted by Gasteiger charge is -2.16. The normalized spacial score (nSPS) is 12.3. The van der Waals surface area contributed by atoms with Crippen molar-refractivity contribution in [2.45, 2.75) is 18.6 Å². The molecule has 0 bridgehead atoms. The van der Waals surface area contributed by atoms with Crippen LogP contribution in [0.5, 0.6) is 17.2 Å². The van der Waals surface area contributed by atoms with Crippen LogP contribution in [0.2, 0.25) is 0 Å². The number of aliphatic carboxylic acids is 1. The number of amides is 1. The molecule has 138 valence electrons. The minimum absolute atomic E-state index is 0.0517. The average Bonchev–Trinajstić information content (AvgIpc) is 2.55. The fourth-order valence-electron chi connectivity index (χ4n) is 2.06. The van der Waals surface area contributed by atoms with Gasteiger partial charge in [-0.05, 0) is 42.0 Å². The maximum Gasteiger partial charge on any atom is 0.471 e. The first-order valence-electron chi connectivity index (χ1n) is 7.31. The molecule has 2 aromatic rings. The van der Waals surface area contributed by atoms with Gasteiger partial charge in [0.2, 0.25) is 0 Å². The number of halogens is 3. The number of carboxylic acid groups (broad SMARTS) is 1. The van der Waals surface area contributed by atoms with Crippen LogP contribution >= 0.6 is 0 Å². The molecule has 26 heavy (non-hydrogen) atoms. The number of alkyl halides is 3. The zero-order chi connectivity index (χ0) is 19.3. The van der Waals surface area contributed by atoms with Crippen molar-refractivity contribution in [2.75, 3.05) is 0 Å². The lowest BCUT2D eigenvalue weighted by molar-refractivity contribution is -0.175. The first-order chi connectivity index (χ1) is 12.1. The molecule has 0 saturated heterocycles. The van der Waals surface area contributed by atoms with Crippen LogP contribution in [0.25, 0.3) is 0 Å². The summed E-state index contributed by atoms with van der Waals surface area (Å²) in [5, 5.41) is 19.7. The van der Waals surface area contributed by atoms with Crippen LogP contribution in [-0.2, 0) is 16.0 Å². The number of aromatic hydroxyl groups is 1. The predicted molar refractivity (Wildman–Crippen MR) is 83.9 cm³/mol. The van der Waals surface area contributed by atoms with Gasteiger partial charge in [0, 0.05) is 6.42 Å². The monoisotopic (exact) mass is 369 g/mol. The number of carbonyl (C=O) groups excluding carboxylic acids is 1. The summed E-state index contributed by atoms with van der Waals surface area (Å²) in [6.07, 6.45) is -5.53. The Bertz CT molecular complexity index is 790. The van der Waals surface area contributed by atoms with Gasteiger partial charge in [-0.15, -0.1) is 0 Å². The number of carbonyl (C=O) groups is 2. The number of nitrogens with one attached hydrogen (secondary N) is 1. The molecule has 9 heteroatoms. The van der Waals surface area contributed by atoms with E-state index in [-0.39, 0.29) is 12.2 Å². The van der Waals surface area contributed by atoms with Crippen LogP contribution in [0.3, 0.4) is 0 Å². The van der Waals surface area contributed by atoms with E-state index in [2.05, 4.69) is 0 Å². The second kappa shape index (κ2) is 7.77. The second-order valence-corrected chi connectivity index (χ2v) is 5.31. The molecule has 2 rings (SSSR count). The number of phenolic OH excluding ortho intramolecular Hbond substituents is 1. The van der Waals surface area contributed by atoms with Gasteiger partial charge in [0.05, 0.1) is 0 Å². The number of carboxylic acids is 1. The van der Waals surface area contributed by atoms with Gasteiger partial charge in [0.15, 0.2) is 0 Å². The lowest BCUT2D eigenvalue weighted by Crippen LogP contribution is -2.47. The molecule has 2 aromatic carbocycles. The highest BCUT2D eigenvalue weighted by Gasteiger charge is 2.40. The van der Waals surface area contributed by atoms with E-state index in [0.717, 1.165) is 0 Å². The van der Waals surface area contributed by atoms with Crippen molar-refractivity contribution in [3.63, 3.8) is 0 Å². The van der Waals surface area contributed by atoms with Gasteiger partial charge < -0.3 is 20.3 Å². The summed E-state index contributed by atoms with van der Waals surface area (Å²) in [4.78, 5) is 22.1. The van der Waals surface area contributed by atoms with E-state index in [9.17, 15) is 27.9 Å². The minimum Gasteiger partial charge on any atom is -0.508 e. The van der Waals surface area contributed by atoms with Crippen LogP contribution < -0.4 is 10.1 Å². The molecule has 0 fully saturated rings. The Labute approximate surface area is 145 Å². The van der Waals surface area contributed by atoms with Gasteiger partial charge in [0.1, 0.15) is 23.3 Å². The predicted octanol–water partition coefficient (Wildman–Crippen LogP) is 2.86. The maximum absolute atomic E-state index is 12.3. The highest BCUT2D eigenvalue weighted by atomic mass is 19.4. The third-order valence-electron chi connectivity index (χ3n) is 3.27. The number of hydrogen-bond donors (Lipinski definition) is 3. The molecule has 0 aromatic heterocycles. The van der Waals surface area contributed by atoms with Crippen molar-refractivity contribution >= 4 is 11.9 Å². The first kappa shape index (κ1) is 19.1. The molecule has 1 amide bonds. The Morgan fingerprint density at radius 2 is 1.73 bits per heavy atom. The number of benzene rings is 2. The van der Waals surface area contributed by atoms with Crippen molar-refractivity contribution in [3.05, 3.63) is 54.1 Å². The molecule has 6 nitrogen and oxygen atoms in total. The lowest BCUT2D eigenvalue weighted by atomic mass is 10.1. The molecule has 0 spiro atoms. The fourth-order valence-corrected chi connectivity index (χ4v) is 2.06. The summed E-state index contributed by atoms with van der Waals surface area (Å²) in [5.41, 5.74) is 0.358. The Morgan fingerprint density at radius 3 is 2.31 bits per heavy atom. The van der Waals surface area contributed by atoms with Crippen LogP contribution in [0.4, 0.5) is 13.2 Å². The average molecular weight is 369 g/mol. The maximum atomic E-state index is 12.3. The van der Waals surface area contributed by atoms with E-state index in [1.807, 2.05) is 0 Å². The van der Waals surface area contributed by atoms with E-state index >= 15 is 0 Å². The zero-order valence-corrected chi connectivity index (χ0v) is 13.2. The van der Waals surface area contributed by atoms with Gasteiger partial charge in [-0.3, -0.25) is 4.79 Å². The number of rotatable bonds is 6. The summed E-state index contributed by atoms with van der Waals surface area (Å²) in [6, 6.07) is 10.1. The largest absolute Gasteiger partial charge is 0.508 e. The third kappa shape index (κ3) is 5.40. The van der Waals surface area contributed by atoms with E-state index in [4.69, 9.17) is 9.84 Å². The zero-order valence-electron chi connectivity index (χ0n) is 13.2. The van der Waals surface area contributed by atoms with Crippen LogP contribution in [0, 0.1) is 0 Å². The van der Waals surface area contributed by atoms with Crippen LogP contribution in [0.1, 0.15) is 5.56 Å². The van der Waals surface area contributed by atoms with Crippen molar-refractivity contribution < 1.29 is 37.7 Å². The highest BCUT2D eigenvalue weighted by molar-refractivity contribution is 5.87. The molecular formula is C17H14F3NO5. The topological polar surface area (TPSA) is 95.9 Å². The van der Waals surface area contributed by atoms with Gasteiger partial charge in [-0.2, -0.15) is 13.2 Å². The summed E-state index contributed by atoms with van der Waals surface area (Å²) in [7, 11) is 0. The minimum atomic E-state index is -5.17. The Morgan fingerprint density at radius 1 is 1.08 bits per heavy atom. The second-order valence-electron chi connectivity index (χ2n) is 5.31. The van der Waals surface area contributed by atoms with Gasteiger partial charge >= 0.3 is 18.1 Å². The third-order valence-corrected chi connectivity index (χ3v) is 3.27. The Kier molecular flexibility index (Phi) is 5.71. The van der Waals surface area contributed by atoms with E-state index < -0.39 is 24.1 Å². The Hall–Kier alpha value is -3.23. The molecule has 0 saturated carbocycles. The highest BCUT2D eigenvalue weighted by Crippen LogP contribution is 2.24. The summed E-state index contributed by atoms with van der Waals surface area (Å²) in [6.45, 7) is 0. The molecule has 0 radical (unpaired) electrons. The van der Waals surface area contributed by atoms with Gasteiger partial charge in [-0.1, -0.05) is 12.1 Å².